The zero-order chi connectivity index (χ0) is 30.0. The first kappa shape index (κ1) is 28.3. The van der Waals surface area contributed by atoms with Gasteiger partial charge >= 0.3 is 5.56 Å². The van der Waals surface area contributed by atoms with Gasteiger partial charge in [0.25, 0.3) is 5.88 Å². The Balaban J connectivity index is 1.49. The fraction of sp³-hybridized carbons (Fsp3) is 0.452. The quantitative estimate of drug-likeness (QED) is 0.307. The molecule has 0 amide bonds. The number of nitrogens with two attached hydrogens (primary N) is 1. The summed E-state index contributed by atoms with van der Waals surface area (Å²) in [6.07, 6.45) is 3.37. The van der Waals surface area contributed by atoms with Crippen molar-refractivity contribution in [2.75, 3.05) is 39.0 Å². The molecule has 0 aliphatic carbocycles. The largest absolute Gasteiger partial charge is 0.490 e. The first-order chi connectivity index (χ1) is 20.8. The highest BCUT2D eigenvalue weighted by Crippen LogP contribution is 2.48. The van der Waals surface area contributed by atoms with E-state index in [0.29, 0.717) is 46.3 Å². The summed E-state index contributed by atoms with van der Waals surface area (Å²) in [5.41, 5.74) is 8.08. The van der Waals surface area contributed by atoms with E-state index >= 15 is 0 Å². The molecule has 3 aliphatic rings. The van der Waals surface area contributed by atoms with Crippen molar-refractivity contribution in [2.24, 2.45) is 5.92 Å². The normalized spacial score (nSPS) is 22.9. The van der Waals surface area contributed by atoms with Crippen molar-refractivity contribution in [2.45, 2.75) is 50.8 Å². The highest BCUT2D eigenvalue weighted by atomic mass is 35.5. The molecule has 9 nitrogen and oxygen atoms in total. The van der Waals surface area contributed by atoms with Crippen LogP contribution in [0.3, 0.4) is 0 Å². The lowest BCUT2D eigenvalue weighted by Crippen LogP contribution is -2.40. The van der Waals surface area contributed by atoms with E-state index < -0.39 is 5.82 Å². The Morgan fingerprint density at radius 1 is 1.33 bits per heavy atom. The van der Waals surface area contributed by atoms with Gasteiger partial charge < -0.3 is 20.5 Å². The number of rotatable bonds is 5. The van der Waals surface area contributed by atoms with Crippen molar-refractivity contribution in [1.82, 2.24) is 19.8 Å². The maximum atomic E-state index is 14.9. The third kappa shape index (κ3) is 4.54. The number of hydrogen-bond acceptors (Lipinski definition) is 9. The predicted octanol–water partition coefficient (Wildman–Crippen LogP) is 5.32. The Labute approximate surface area is 256 Å². The number of halogens is 2. The standard InChI is InChI=1S/C31H32ClFN6O3S/c1-15(22-4-3-10-38(22)2)42-30-31(40)39-23(16-7-9-36-14-16)8-11-41-27-25(32)18(12-21(37-30)26(27)39)17-5-6-20(33)28-24(17)19(13-34)29(35)43-28/h5-6,12,15-16,22-23,36H,3-4,7-11,14,35H2,1-2H3/t15-,16?,22-,23?/m0/s1. The van der Waals surface area contributed by atoms with Crippen molar-refractivity contribution >= 4 is 49.1 Å². The summed E-state index contributed by atoms with van der Waals surface area (Å²) >= 11 is 8.14. The Hall–Kier alpha value is -3.43. The summed E-state index contributed by atoms with van der Waals surface area (Å²) in [6.45, 7) is 5.01. The number of nitrogen functional groups attached to an aromatic ring is 1. The summed E-state index contributed by atoms with van der Waals surface area (Å²) in [4.78, 5) is 21.3. The average Bonchev–Trinajstić information content (AvgIpc) is 3.71. The number of thiophene rings is 1. The van der Waals surface area contributed by atoms with Crippen LogP contribution in [0.4, 0.5) is 9.39 Å². The second-order valence-electron chi connectivity index (χ2n) is 11.7. The van der Waals surface area contributed by atoms with E-state index in [1.54, 1.807) is 16.7 Å². The van der Waals surface area contributed by atoms with Gasteiger partial charge in [-0.1, -0.05) is 17.7 Å². The minimum atomic E-state index is -0.468. The van der Waals surface area contributed by atoms with Gasteiger partial charge in [-0.05, 0) is 76.5 Å². The van der Waals surface area contributed by atoms with Crippen molar-refractivity contribution in [3.8, 4) is 28.8 Å². The molecule has 2 saturated heterocycles. The summed E-state index contributed by atoms with van der Waals surface area (Å²) in [5.74, 6) is 0.150. The van der Waals surface area contributed by atoms with E-state index in [-0.39, 0.29) is 55.8 Å². The summed E-state index contributed by atoms with van der Waals surface area (Å²) in [7, 11) is 2.07. The molecule has 12 heteroatoms. The molecule has 4 aromatic rings. The molecule has 0 radical (unpaired) electrons. The van der Waals surface area contributed by atoms with Gasteiger partial charge in [-0.15, -0.1) is 11.3 Å². The topological polar surface area (TPSA) is 118 Å². The van der Waals surface area contributed by atoms with Crippen molar-refractivity contribution in [3.63, 3.8) is 0 Å². The van der Waals surface area contributed by atoms with Crippen LogP contribution in [-0.2, 0) is 0 Å². The lowest BCUT2D eigenvalue weighted by Gasteiger charge is -2.28. The molecule has 0 spiro atoms. The second-order valence-corrected chi connectivity index (χ2v) is 13.2. The zero-order valence-corrected chi connectivity index (χ0v) is 25.5. The molecular formula is C31H32ClFN6O3S. The van der Waals surface area contributed by atoms with Crippen molar-refractivity contribution in [3.05, 3.63) is 45.0 Å². The Kier molecular flexibility index (Phi) is 7.21. The number of fused-ring (bicyclic) bond motifs is 1. The van der Waals surface area contributed by atoms with Crippen LogP contribution in [0.1, 0.15) is 44.2 Å². The Morgan fingerprint density at radius 2 is 2.16 bits per heavy atom. The van der Waals surface area contributed by atoms with Crippen LogP contribution in [-0.4, -0.2) is 59.9 Å². The van der Waals surface area contributed by atoms with Crippen LogP contribution in [0.5, 0.6) is 11.6 Å². The average molecular weight is 623 g/mol. The molecule has 224 valence electrons. The summed E-state index contributed by atoms with van der Waals surface area (Å²) in [5, 5.41) is 14.2. The summed E-state index contributed by atoms with van der Waals surface area (Å²) < 4.78 is 29.7. The minimum absolute atomic E-state index is 0.0409. The molecule has 3 aliphatic heterocycles. The van der Waals surface area contributed by atoms with E-state index in [1.165, 1.54) is 6.07 Å². The number of aromatic nitrogens is 2. The van der Waals surface area contributed by atoms with Crippen LogP contribution in [0.2, 0.25) is 5.02 Å². The minimum Gasteiger partial charge on any atom is -0.490 e. The second kappa shape index (κ2) is 10.9. The predicted molar refractivity (Wildman–Crippen MR) is 167 cm³/mol. The fourth-order valence-electron chi connectivity index (χ4n) is 7.18. The number of anilines is 1. The monoisotopic (exact) mass is 622 g/mol. The maximum absolute atomic E-state index is 14.9. The third-order valence-corrected chi connectivity index (χ3v) is 10.7. The number of ether oxygens (including phenoxy) is 2. The van der Waals surface area contributed by atoms with Crippen LogP contribution < -0.4 is 26.1 Å². The fourth-order valence-corrected chi connectivity index (χ4v) is 8.43. The molecule has 7 rings (SSSR count). The van der Waals surface area contributed by atoms with Gasteiger partial charge in [0.2, 0.25) is 0 Å². The highest BCUT2D eigenvalue weighted by Gasteiger charge is 2.35. The molecular weight excluding hydrogens is 591 g/mol. The number of nitrogens with zero attached hydrogens (tertiary/aromatic N) is 4. The van der Waals surface area contributed by atoms with E-state index in [2.05, 4.69) is 23.3 Å². The third-order valence-electron chi connectivity index (χ3n) is 9.31. The maximum Gasteiger partial charge on any atom is 0.314 e. The number of likely N-dealkylation sites (N-methyl/N-ethyl adjacent to an activating group) is 1. The van der Waals surface area contributed by atoms with E-state index in [0.717, 1.165) is 50.2 Å². The smallest absolute Gasteiger partial charge is 0.314 e. The van der Waals surface area contributed by atoms with E-state index in [1.807, 2.05) is 6.92 Å². The molecule has 4 atom stereocenters. The first-order valence-corrected chi connectivity index (χ1v) is 15.9. The first-order valence-electron chi connectivity index (χ1n) is 14.7. The number of likely N-dealkylation sites (tertiary alicyclic amines) is 1. The summed E-state index contributed by atoms with van der Waals surface area (Å²) in [6, 6.07) is 6.90. The number of nitriles is 1. The molecule has 2 aromatic heterocycles. The number of benzene rings is 2. The number of hydrogen-bond donors (Lipinski definition) is 2. The van der Waals surface area contributed by atoms with Crippen LogP contribution in [0.25, 0.3) is 32.2 Å². The van der Waals surface area contributed by atoms with Gasteiger partial charge in [-0.3, -0.25) is 14.3 Å². The van der Waals surface area contributed by atoms with Crippen LogP contribution in [0.15, 0.2) is 23.0 Å². The van der Waals surface area contributed by atoms with Gasteiger partial charge in [-0.25, -0.2) is 9.37 Å². The van der Waals surface area contributed by atoms with Crippen LogP contribution in [0, 0.1) is 23.1 Å². The van der Waals surface area contributed by atoms with Gasteiger partial charge in [-0.2, -0.15) is 5.26 Å². The van der Waals surface area contributed by atoms with Gasteiger partial charge in [0, 0.05) is 29.5 Å². The molecule has 5 heterocycles. The highest BCUT2D eigenvalue weighted by molar-refractivity contribution is 7.23. The number of nitrogens with one attached hydrogen (secondary N) is 1. The Bertz CT molecular complexity index is 1860. The zero-order valence-electron chi connectivity index (χ0n) is 24.0. The van der Waals surface area contributed by atoms with Gasteiger partial charge in [0.05, 0.1) is 27.4 Å². The molecule has 0 saturated carbocycles. The lowest BCUT2D eigenvalue weighted by molar-refractivity contribution is 0.114. The van der Waals surface area contributed by atoms with Gasteiger partial charge in [0.1, 0.15) is 28.5 Å². The van der Waals surface area contributed by atoms with Crippen molar-refractivity contribution < 1.29 is 13.9 Å². The molecule has 43 heavy (non-hydrogen) atoms. The SMILES string of the molecule is C[C@H](Oc1nc2cc(-c3ccc(F)c4sc(N)c(C#N)c34)c(Cl)c3c2n(c1=O)C(C1CCNC1)CCO3)[C@@H]1CCCN1C. The van der Waals surface area contributed by atoms with Gasteiger partial charge in [0.15, 0.2) is 5.75 Å². The Morgan fingerprint density at radius 3 is 2.88 bits per heavy atom. The molecule has 3 N–H and O–H groups in total. The molecule has 0 bridgehead atoms. The van der Waals surface area contributed by atoms with E-state index in [4.69, 9.17) is 31.8 Å². The molecule has 2 unspecified atom stereocenters. The van der Waals surface area contributed by atoms with Crippen molar-refractivity contribution in [1.29, 1.82) is 5.26 Å². The lowest BCUT2D eigenvalue weighted by atomic mass is 9.95. The molecule has 2 fully saturated rings. The molecule has 2 aromatic carbocycles. The van der Waals surface area contributed by atoms with E-state index in [9.17, 15) is 14.4 Å². The van der Waals surface area contributed by atoms with Crippen LogP contribution >= 0.6 is 22.9 Å².